The van der Waals surface area contributed by atoms with E-state index in [1.165, 1.54) is 32.8 Å². The second kappa shape index (κ2) is 12.5. The van der Waals surface area contributed by atoms with Gasteiger partial charge in [-0.3, -0.25) is 4.79 Å². The van der Waals surface area contributed by atoms with E-state index in [-0.39, 0.29) is 17.9 Å². The molecule has 2 atom stereocenters. The molecule has 0 spiro atoms. The second-order valence-corrected chi connectivity index (χ2v) is 12.0. The maximum Gasteiger partial charge on any atom is 0.407 e. The molecule has 2 fully saturated rings. The topological polar surface area (TPSA) is 116 Å². The third kappa shape index (κ3) is 6.07. The first-order chi connectivity index (χ1) is 20.9. The number of carbonyl (C=O) groups excluding carboxylic acids is 2. The number of benzene rings is 2. The van der Waals surface area contributed by atoms with E-state index in [9.17, 15) is 9.59 Å². The van der Waals surface area contributed by atoms with Gasteiger partial charge in [0.25, 0.3) is 0 Å². The van der Waals surface area contributed by atoms with Crippen molar-refractivity contribution in [2.45, 2.75) is 70.4 Å². The highest BCUT2D eigenvalue weighted by atomic mass is 16.5. The Morgan fingerprint density at radius 2 is 1.35 bits per heavy atom. The molecule has 3 heterocycles. The maximum absolute atomic E-state index is 13.4. The Bertz CT molecular complexity index is 1550. The van der Waals surface area contributed by atoms with Crippen LogP contribution in [0.3, 0.4) is 0 Å². The molecule has 9 nitrogen and oxygen atoms in total. The molecule has 4 aromatic rings. The number of ether oxygens (including phenoxy) is 1. The SMILES string of the molecule is COC(=O)NC(C(=O)N1CCC[C@H]1c1ncc(-c2ccc(-c3ccc(-c4cnc(C5CCCC5)[nH]4)cc3)cc2)[nH]1)C(C)C. The lowest BCUT2D eigenvalue weighted by atomic mass is 10.0. The minimum Gasteiger partial charge on any atom is -0.453 e. The number of nitrogens with zero attached hydrogens (tertiary/aromatic N) is 3. The molecule has 1 aliphatic carbocycles. The smallest absolute Gasteiger partial charge is 0.407 e. The highest BCUT2D eigenvalue weighted by Crippen LogP contribution is 2.35. The quantitative estimate of drug-likeness (QED) is 0.211. The van der Waals surface area contributed by atoms with E-state index in [0.717, 1.165) is 58.1 Å². The molecule has 3 N–H and O–H groups in total. The zero-order valence-corrected chi connectivity index (χ0v) is 25.1. The standard InChI is InChI=1S/C34H40N6O3/c1-21(2)30(39-34(42)43-3)33(41)40-18-6-9-29(40)32-36-20-28(38-32)25-16-12-23(13-17-25)22-10-14-24(15-11-22)27-19-35-31(37-27)26-7-4-5-8-26/h10-17,19-21,26,29-30H,4-9,18H2,1-3H3,(H,35,37)(H,36,38)(H,39,42)/t29-,30?/m0/s1. The zero-order chi connectivity index (χ0) is 29.9. The number of nitrogens with one attached hydrogen (secondary N) is 3. The van der Waals surface area contributed by atoms with Crippen LogP contribution in [-0.4, -0.2) is 56.5 Å². The summed E-state index contributed by atoms with van der Waals surface area (Å²) in [5.41, 5.74) is 6.43. The summed E-state index contributed by atoms with van der Waals surface area (Å²) in [7, 11) is 1.30. The van der Waals surface area contributed by atoms with Gasteiger partial charge in [0.2, 0.25) is 5.91 Å². The fourth-order valence-corrected chi connectivity index (χ4v) is 6.42. The number of H-pyrrole nitrogens is 2. The van der Waals surface area contributed by atoms with Crippen molar-refractivity contribution < 1.29 is 14.3 Å². The van der Waals surface area contributed by atoms with Crippen molar-refractivity contribution in [2.75, 3.05) is 13.7 Å². The number of methoxy groups -OCH3 is 1. The van der Waals surface area contributed by atoms with Crippen LogP contribution in [0.5, 0.6) is 0 Å². The highest BCUT2D eigenvalue weighted by Gasteiger charge is 2.37. The molecule has 2 aromatic heterocycles. The number of aromatic nitrogens is 4. The summed E-state index contributed by atoms with van der Waals surface area (Å²) < 4.78 is 4.74. The second-order valence-electron chi connectivity index (χ2n) is 12.0. The van der Waals surface area contributed by atoms with Gasteiger partial charge in [-0.25, -0.2) is 14.8 Å². The van der Waals surface area contributed by atoms with Crippen molar-refractivity contribution in [1.29, 1.82) is 0 Å². The number of hydrogen-bond acceptors (Lipinski definition) is 5. The Morgan fingerprint density at radius 3 is 1.91 bits per heavy atom. The van der Waals surface area contributed by atoms with Gasteiger partial charge in [-0.05, 0) is 53.9 Å². The van der Waals surface area contributed by atoms with Crippen LogP contribution in [0.15, 0.2) is 60.9 Å². The van der Waals surface area contributed by atoms with Gasteiger partial charge >= 0.3 is 6.09 Å². The summed E-state index contributed by atoms with van der Waals surface area (Å²) >= 11 is 0. The fraction of sp³-hybridized carbons (Fsp3) is 0.412. The van der Waals surface area contributed by atoms with E-state index >= 15 is 0 Å². The first-order valence-electron chi connectivity index (χ1n) is 15.4. The molecule has 1 aliphatic heterocycles. The van der Waals surface area contributed by atoms with Gasteiger partial charge in [-0.15, -0.1) is 0 Å². The van der Waals surface area contributed by atoms with Crippen LogP contribution in [0.4, 0.5) is 4.79 Å². The summed E-state index contributed by atoms with van der Waals surface area (Å²) in [4.78, 5) is 43.5. The number of likely N-dealkylation sites (tertiary alicyclic amines) is 1. The van der Waals surface area contributed by atoms with Crippen LogP contribution < -0.4 is 5.32 Å². The molecule has 2 amide bonds. The largest absolute Gasteiger partial charge is 0.453 e. The third-order valence-electron chi connectivity index (χ3n) is 8.90. The van der Waals surface area contributed by atoms with Gasteiger partial charge in [-0.1, -0.05) is 75.2 Å². The van der Waals surface area contributed by atoms with Gasteiger partial charge in [-0.2, -0.15) is 0 Å². The molecule has 2 aromatic carbocycles. The summed E-state index contributed by atoms with van der Waals surface area (Å²) in [6.07, 6.45) is 9.94. The van der Waals surface area contributed by atoms with Gasteiger partial charge in [0, 0.05) is 12.5 Å². The van der Waals surface area contributed by atoms with Crippen LogP contribution in [0.1, 0.15) is 76.0 Å². The van der Waals surface area contributed by atoms with Crippen molar-refractivity contribution in [2.24, 2.45) is 5.92 Å². The predicted molar refractivity (Wildman–Crippen MR) is 166 cm³/mol. The molecular weight excluding hydrogens is 540 g/mol. The molecular formula is C34H40N6O3. The number of rotatable bonds is 8. The van der Waals surface area contributed by atoms with Gasteiger partial charge in [0.05, 0.1) is 36.9 Å². The summed E-state index contributed by atoms with van der Waals surface area (Å²) in [6.45, 7) is 4.46. The Labute approximate surface area is 252 Å². The lowest BCUT2D eigenvalue weighted by molar-refractivity contribution is -0.135. The molecule has 0 radical (unpaired) electrons. The first kappa shape index (κ1) is 28.7. The molecule has 1 unspecified atom stereocenters. The molecule has 2 aliphatic rings. The lowest BCUT2D eigenvalue weighted by Crippen LogP contribution is -2.51. The van der Waals surface area contributed by atoms with Crippen molar-refractivity contribution in [1.82, 2.24) is 30.2 Å². The fourth-order valence-electron chi connectivity index (χ4n) is 6.42. The van der Waals surface area contributed by atoms with E-state index < -0.39 is 12.1 Å². The molecule has 9 heteroatoms. The minimum atomic E-state index is -0.655. The average Bonchev–Trinajstić information content (AvgIpc) is 3.86. The normalized spacial score (nSPS) is 17.9. The number of imidazole rings is 2. The van der Waals surface area contributed by atoms with Gasteiger partial charge in [0.15, 0.2) is 0 Å². The molecule has 0 bridgehead atoms. The predicted octanol–water partition coefficient (Wildman–Crippen LogP) is 6.84. The van der Waals surface area contributed by atoms with Crippen molar-refractivity contribution in [3.63, 3.8) is 0 Å². The molecule has 1 saturated carbocycles. The lowest BCUT2D eigenvalue weighted by Gasteiger charge is -2.30. The van der Waals surface area contributed by atoms with Crippen LogP contribution in [0.25, 0.3) is 33.6 Å². The molecule has 224 valence electrons. The van der Waals surface area contributed by atoms with Crippen LogP contribution in [-0.2, 0) is 9.53 Å². The van der Waals surface area contributed by atoms with E-state index in [2.05, 4.69) is 73.8 Å². The van der Waals surface area contributed by atoms with Crippen molar-refractivity contribution in [3.05, 3.63) is 72.6 Å². The van der Waals surface area contributed by atoms with Crippen LogP contribution >= 0.6 is 0 Å². The number of aromatic amines is 2. The van der Waals surface area contributed by atoms with Crippen LogP contribution in [0.2, 0.25) is 0 Å². The van der Waals surface area contributed by atoms with Gasteiger partial charge < -0.3 is 24.9 Å². The average molecular weight is 581 g/mol. The first-order valence-corrected chi connectivity index (χ1v) is 15.4. The molecule has 6 rings (SSSR count). The summed E-state index contributed by atoms with van der Waals surface area (Å²) in [5.74, 6) is 2.27. The number of alkyl carbamates (subject to hydrolysis) is 1. The number of amides is 2. The van der Waals surface area contributed by atoms with E-state index in [4.69, 9.17) is 4.74 Å². The summed E-state index contributed by atoms with van der Waals surface area (Å²) in [5, 5.41) is 2.70. The Balaban J connectivity index is 1.13. The highest BCUT2D eigenvalue weighted by molar-refractivity contribution is 5.86. The van der Waals surface area contributed by atoms with Gasteiger partial charge in [0.1, 0.15) is 17.7 Å². The number of hydrogen-bond donors (Lipinski definition) is 3. The van der Waals surface area contributed by atoms with E-state index in [1.807, 2.05) is 31.1 Å². The Hall–Kier alpha value is -4.40. The van der Waals surface area contributed by atoms with E-state index in [1.54, 1.807) is 0 Å². The zero-order valence-electron chi connectivity index (χ0n) is 25.1. The third-order valence-corrected chi connectivity index (χ3v) is 8.90. The van der Waals surface area contributed by atoms with E-state index in [0.29, 0.717) is 12.5 Å². The monoisotopic (exact) mass is 580 g/mol. The molecule has 1 saturated heterocycles. The minimum absolute atomic E-state index is 0.0744. The van der Waals surface area contributed by atoms with Crippen molar-refractivity contribution in [3.8, 4) is 33.6 Å². The molecule has 43 heavy (non-hydrogen) atoms. The number of carbonyl (C=O) groups is 2. The van der Waals surface area contributed by atoms with Crippen LogP contribution in [0, 0.1) is 5.92 Å². The van der Waals surface area contributed by atoms with Crippen molar-refractivity contribution >= 4 is 12.0 Å². The maximum atomic E-state index is 13.4. The summed E-state index contributed by atoms with van der Waals surface area (Å²) in [6, 6.07) is 16.2. The Morgan fingerprint density at radius 1 is 0.814 bits per heavy atom. The Kier molecular flexibility index (Phi) is 8.31.